The van der Waals surface area contributed by atoms with E-state index in [2.05, 4.69) is 22.8 Å². The Balaban J connectivity index is 1.76. The lowest BCUT2D eigenvalue weighted by molar-refractivity contribution is -0.116. The Morgan fingerprint density at radius 2 is 1.96 bits per heavy atom. The number of hydrogen-bond acceptors (Lipinski definition) is 4. The molecule has 0 saturated carbocycles. The van der Waals surface area contributed by atoms with Crippen LogP contribution in [0.5, 0.6) is 11.5 Å². The summed E-state index contributed by atoms with van der Waals surface area (Å²) in [5.41, 5.74) is 4.18. The molecule has 2 aromatic carbocycles. The van der Waals surface area contributed by atoms with Crippen LogP contribution >= 0.6 is 11.3 Å². The summed E-state index contributed by atoms with van der Waals surface area (Å²) in [4.78, 5) is 13.6. The summed E-state index contributed by atoms with van der Waals surface area (Å²) >= 11 is 1.69. The largest absolute Gasteiger partial charge is 0.493 e. The van der Waals surface area contributed by atoms with Crippen LogP contribution < -0.4 is 14.8 Å². The lowest BCUT2D eigenvalue weighted by atomic mass is 9.89. The molecule has 1 atom stereocenters. The summed E-state index contributed by atoms with van der Waals surface area (Å²) in [5.74, 6) is 1.47. The van der Waals surface area contributed by atoms with Gasteiger partial charge in [0, 0.05) is 28.2 Å². The second-order valence-electron chi connectivity index (χ2n) is 6.40. The molecule has 1 N–H and O–H groups in total. The van der Waals surface area contributed by atoms with E-state index in [1.54, 1.807) is 18.4 Å². The fourth-order valence-corrected chi connectivity index (χ4v) is 4.66. The van der Waals surface area contributed by atoms with E-state index in [1.807, 2.05) is 43.3 Å². The average molecular weight is 379 g/mol. The topological polar surface area (TPSA) is 47.6 Å². The monoisotopic (exact) mass is 379 g/mol. The van der Waals surface area contributed by atoms with E-state index < -0.39 is 0 Å². The number of benzene rings is 2. The molecule has 1 aliphatic rings. The highest BCUT2D eigenvalue weighted by Crippen LogP contribution is 2.47. The molecule has 0 unspecified atom stereocenters. The number of methoxy groups -OCH3 is 1. The van der Waals surface area contributed by atoms with E-state index in [0.29, 0.717) is 18.8 Å². The Hall–Kier alpha value is -2.79. The van der Waals surface area contributed by atoms with Gasteiger partial charge in [-0.1, -0.05) is 36.4 Å². The van der Waals surface area contributed by atoms with Crippen molar-refractivity contribution in [2.24, 2.45) is 0 Å². The Morgan fingerprint density at radius 1 is 1.15 bits per heavy atom. The molecule has 0 spiro atoms. The van der Waals surface area contributed by atoms with E-state index in [1.165, 1.54) is 4.88 Å². The van der Waals surface area contributed by atoms with Gasteiger partial charge in [-0.3, -0.25) is 4.79 Å². The van der Waals surface area contributed by atoms with Crippen molar-refractivity contribution in [2.75, 3.05) is 19.0 Å². The maximum atomic E-state index is 12.5. The van der Waals surface area contributed by atoms with Crippen molar-refractivity contribution in [2.45, 2.75) is 19.3 Å². The van der Waals surface area contributed by atoms with E-state index in [-0.39, 0.29) is 11.8 Å². The lowest BCUT2D eigenvalue weighted by Crippen LogP contribution is -2.22. The summed E-state index contributed by atoms with van der Waals surface area (Å²) in [5, 5.41) is 5.21. The number of thiophene rings is 1. The molecule has 0 radical (unpaired) electrons. The molecule has 138 valence electrons. The van der Waals surface area contributed by atoms with Crippen LogP contribution in [0.1, 0.15) is 29.7 Å². The number of anilines is 1. The molecule has 5 heteroatoms. The van der Waals surface area contributed by atoms with Gasteiger partial charge in [0.15, 0.2) is 11.5 Å². The van der Waals surface area contributed by atoms with Crippen molar-refractivity contribution in [3.8, 4) is 22.6 Å². The third-order valence-corrected chi connectivity index (χ3v) is 5.86. The van der Waals surface area contributed by atoms with E-state index in [9.17, 15) is 4.79 Å². The number of amides is 1. The number of fused-ring (bicyclic) bond motifs is 1. The van der Waals surface area contributed by atoms with E-state index >= 15 is 0 Å². The van der Waals surface area contributed by atoms with Gasteiger partial charge in [-0.25, -0.2) is 0 Å². The van der Waals surface area contributed by atoms with Gasteiger partial charge in [0.05, 0.1) is 19.4 Å². The second kappa shape index (κ2) is 7.45. The minimum Gasteiger partial charge on any atom is -0.493 e. The van der Waals surface area contributed by atoms with Gasteiger partial charge in [-0.15, -0.1) is 11.3 Å². The van der Waals surface area contributed by atoms with Crippen LogP contribution in [-0.4, -0.2) is 19.6 Å². The minimum atomic E-state index is 0.0146. The average Bonchev–Trinajstić information content (AvgIpc) is 3.12. The number of rotatable bonds is 5. The third-order valence-electron chi connectivity index (χ3n) is 4.76. The second-order valence-corrected chi connectivity index (χ2v) is 7.31. The quantitative estimate of drug-likeness (QED) is 0.655. The fourth-order valence-electron chi connectivity index (χ4n) is 3.50. The van der Waals surface area contributed by atoms with Crippen LogP contribution in [0, 0.1) is 0 Å². The smallest absolute Gasteiger partial charge is 0.225 e. The molecule has 0 saturated heterocycles. The van der Waals surface area contributed by atoms with Gasteiger partial charge in [-0.05, 0) is 30.2 Å². The predicted molar refractivity (Wildman–Crippen MR) is 109 cm³/mol. The first kappa shape index (κ1) is 17.6. The molecule has 1 aromatic heterocycles. The zero-order chi connectivity index (χ0) is 18.8. The van der Waals surface area contributed by atoms with Crippen LogP contribution in [-0.2, 0) is 4.79 Å². The van der Waals surface area contributed by atoms with Crippen molar-refractivity contribution >= 4 is 22.9 Å². The Morgan fingerprint density at radius 3 is 2.70 bits per heavy atom. The van der Waals surface area contributed by atoms with E-state index in [0.717, 1.165) is 28.1 Å². The highest BCUT2D eigenvalue weighted by Gasteiger charge is 2.31. The SMILES string of the molecule is CCOc1ccc([C@H]2CC(=O)Nc3c(-c4ccccc4)csc32)cc1OC. The van der Waals surface area contributed by atoms with Gasteiger partial charge in [0.25, 0.3) is 0 Å². The molecule has 0 fully saturated rings. The van der Waals surface area contributed by atoms with Crippen LogP contribution in [0.2, 0.25) is 0 Å². The number of ether oxygens (including phenoxy) is 2. The first-order chi connectivity index (χ1) is 13.2. The van der Waals surface area contributed by atoms with Crippen molar-refractivity contribution in [3.63, 3.8) is 0 Å². The number of carbonyl (C=O) groups is 1. The standard InChI is InChI=1S/C22H21NO3S/c1-3-26-18-10-9-15(11-19(18)25-2)16-12-20(24)23-21-17(13-27-22(16)21)14-7-5-4-6-8-14/h4-11,13,16H,3,12H2,1-2H3,(H,23,24)/t16-/m1/s1. The van der Waals surface area contributed by atoms with Crippen molar-refractivity contribution in [3.05, 3.63) is 64.4 Å². The molecule has 3 aromatic rings. The molecule has 0 bridgehead atoms. The molecule has 27 heavy (non-hydrogen) atoms. The van der Waals surface area contributed by atoms with Crippen molar-refractivity contribution < 1.29 is 14.3 Å². The summed E-state index contributed by atoms with van der Waals surface area (Å²) in [6.45, 7) is 2.53. The Bertz CT molecular complexity index is 965. The van der Waals surface area contributed by atoms with Gasteiger partial charge >= 0.3 is 0 Å². The number of hydrogen-bond donors (Lipinski definition) is 1. The van der Waals surface area contributed by atoms with Crippen LogP contribution in [0.25, 0.3) is 11.1 Å². The summed E-state index contributed by atoms with van der Waals surface area (Å²) in [7, 11) is 1.64. The normalized spacial score (nSPS) is 15.8. The maximum Gasteiger partial charge on any atom is 0.225 e. The fraction of sp³-hybridized carbons (Fsp3) is 0.227. The molecule has 4 nitrogen and oxygen atoms in total. The van der Waals surface area contributed by atoms with Crippen molar-refractivity contribution in [1.82, 2.24) is 0 Å². The molecular formula is C22H21NO3S. The minimum absolute atomic E-state index is 0.0146. The van der Waals surface area contributed by atoms with Gasteiger partial charge in [0.1, 0.15) is 0 Å². The molecule has 0 aliphatic carbocycles. The van der Waals surface area contributed by atoms with Crippen LogP contribution in [0.15, 0.2) is 53.9 Å². The highest BCUT2D eigenvalue weighted by atomic mass is 32.1. The molecular weight excluding hydrogens is 358 g/mol. The molecule has 1 amide bonds. The predicted octanol–water partition coefficient (Wildman–Crippen LogP) is 5.30. The maximum absolute atomic E-state index is 12.5. The van der Waals surface area contributed by atoms with E-state index in [4.69, 9.17) is 9.47 Å². The Labute approximate surface area is 162 Å². The number of nitrogens with one attached hydrogen (secondary N) is 1. The first-order valence-electron chi connectivity index (χ1n) is 8.98. The van der Waals surface area contributed by atoms with Gasteiger partial charge < -0.3 is 14.8 Å². The van der Waals surface area contributed by atoms with Gasteiger partial charge in [-0.2, -0.15) is 0 Å². The van der Waals surface area contributed by atoms with Crippen LogP contribution in [0.4, 0.5) is 5.69 Å². The molecule has 2 heterocycles. The lowest BCUT2D eigenvalue weighted by Gasteiger charge is -2.24. The summed E-state index contributed by atoms with van der Waals surface area (Å²) < 4.78 is 11.1. The van der Waals surface area contributed by atoms with Crippen molar-refractivity contribution in [1.29, 1.82) is 0 Å². The zero-order valence-corrected chi connectivity index (χ0v) is 16.1. The summed E-state index contributed by atoms with van der Waals surface area (Å²) in [6.07, 6.45) is 0.429. The molecule has 4 rings (SSSR count). The zero-order valence-electron chi connectivity index (χ0n) is 15.3. The Kier molecular flexibility index (Phi) is 4.86. The van der Waals surface area contributed by atoms with Gasteiger partial charge in [0.2, 0.25) is 5.91 Å². The summed E-state index contributed by atoms with van der Waals surface area (Å²) in [6, 6.07) is 16.1. The number of carbonyl (C=O) groups excluding carboxylic acids is 1. The first-order valence-corrected chi connectivity index (χ1v) is 9.86. The van der Waals surface area contributed by atoms with Crippen LogP contribution in [0.3, 0.4) is 0 Å². The highest BCUT2D eigenvalue weighted by molar-refractivity contribution is 7.11. The third kappa shape index (κ3) is 3.30. The molecule has 1 aliphatic heterocycles.